The molecule has 2 aromatic heterocycles. The molecule has 0 saturated carbocycles. The van der Waals surface area contributed by atoms with E-state index in [0.717, 1.165) is 17.2 Å². The molecule has 0 radical (unpaired) electrons. The van der Waals surface area contributed by atoms with Gasteiger partial charge in [-0.25, -0.2) is 4.79 Å². The maximum atomic E-state index is 12.3. The number of hydrogen-bond donors (Lipinski definition) is 5. The molecule has 0 aliphatic rings. The lowest BCUT2D eigenvalue weighted by atomic mass is 10.0. The number of carbonyl (C=O) groups excluding carboxylic acids is 1. The molecule has 0 aliphatic carbocycles. The number of allylic oxidation sites excluding steroid dienone is 1. The number of H-pyrrole nitrogens is 2. The lowest BCUT2D eigenvalue weighted by molar-refractivity contribution is -0.137. The molecular weight excluding hydrogens is 404 g/mol. The van der Waals surface area contributed by atoms with Crippen molar-refractivity contribution in [2.24, 2.45) is 0 Å². The first-order valence-corrected chi connectivity index (χ1v) is 9.39. The Labute approximate surface area is 175 Å². The molecule has 0 atom stereocenters. The van der Waals surface area contributed by atoms with Crippen molar-refractivity contribution in [1.82, 2.24) is 15.0 Å². The fraction of sp³-hybridized carbons (Fsp3) is 0.190. The highest BCUT2D eigenvalue weighted by molar-refractivity contribution is 6.08. The number of aromatic nitrogens is 3. The van der Waals surface area contributed by atoms with Crippen LogP contribution >= 0.6 is 0 Å². The highest BCUT2D eigenvalue weighted by Crippen LogP contribution is 2.16. The van der Waals surface area contributed by atoms with E-state index in [1.54, 1.807) is 30.5 Å². The maximum absolute atomic E-state index is 12.3. The van der Waals surface area contributed by atoms with Gasteiger partial charge in [0.25, 0.3) is 5.56 Å². The van der Waals surface area contributed by atoms with Crippen molar-refractivity contribution < 1.29 is 24.6 Å². The maximum Gasteiger partial charge on any atom is 0.331 e. The van der Waals surface area contributed by atoms with E-state index in [0.29, 0.717) is 29.4 Å². The number of hydrogen-bond acceptors (Lipinski definition) is 6. The molecule has 0 unspecified atom stereocenters. The summed E-state index contributed by atoms with van der Waals surface area (Å²) in [4.78, 5) is 55.7. The van der Waals surface area contributed by atoms with Crippen molar-refractivity contribution >= 4 is 34.7 Å². The van der Waals surface area contributed by atoms with Gasteiger partial charge in [0, 0.05) is 23.8 Å². The smallest absolute Gasteiger partial charge is 0.331 e. The van der Waals surface area contributed by atoms with Crippen LogP contribution < -0.4 is 11.3 Å². The zero-order chi connectivity index (χ0) is 22.5. The zero-order valence-electron chi connectivity index (χ0n) is 16.3. The molecule has 0 spiro atoms. The van der Waals surface area contributed by atoms with Gasteiger partial charge in [-0.05, 0) is 36.5 Å². The van der Waals surface area contributed by atoms with Crippen molar-refractivity contribution in [3.8, 4) is 0 Å². The van der Waals surface area contributed by atoms with Gasteiger partial charge in [0.1, 0.15) is 5.65 Å². The topological polar surface area (TPSA) is 179 Å². The van der Waals surface area contributed by atoms with E-state index in [-0.39, 0.29) is 29.9 Å². The summed E-state index contributed by atoms with van der Waals surface area (Å²) in [7, 11) is 0. The quantitative estimate of drug-likeness (QED) is 0.254. The summed E-state index contributed by atoms with van der Waals surface area (Å²) in [6, 6.07) is 6.65. The standard InChI is InChI=1S/C21H20N4O6/c22-21-24-18-17(19(29)25-21)14(10-23-18)6-3-11-1-4-12(5-2-11)15(26)9-13(20(30)31)7-8-16(27)28/h1-2,4-5,9-10H,3,6-8H2,(H,27,28)(H,30,31)(H4,22,23,24,25,29)/b13-9+. The van der Waals surface area contributed by atoms with E-state index in [1.807, 2.05) is 0 Å². The van der Waals surface area contributed by atoms with E-state index in [2.05, 4.69) is 15.0 Å². The van der Waals surface area contributed by atoms with Crippen molar-refractivity contribution in [1.29, 1.82) is 0 Å². The second kappa shape index (κ2) is 9.08. The van der Waals surface area contributed by atoms with Gasteiger partial charge >= 0.3 is 11.9 Å². The Bertz CT molecular complexity index is 1240. The molecule has 3 rings (SSSR count). The number of fused-ring (bicyclic) bond motifs is 1. The summed E-state index contributed by atoms with van der Waals surface area (Å²) in [5, 5.41) is 18.3. The Morgan fingerprint density at radius 1 is 1.06 bits per heavy atom. The average Bonchev–Trinajstić information content (AvgIpc) is 3.12. The third kappa shape index (κ3) is 5.24. The molecule has 160 valence electrons. The number of ketones is 1. The zero-order valence-corrected chi connectivity index (χ0v) is 16.3. The minimum atomic E-state index is -1.32. The lowest BCUT2D eigenvalue weighted by Gasteiger charge is -2.04. The van der Waals surface area contributed by atoms with Gasteiger partial charge in [0.05, 0.1) is 5.39 Å². The number of anilines is 1. The van der Waals surface area contributed by atoms with E-state index >= 15 is 0 Å². The number of aryl methyl sites for hydroxylation is 2. The third-order valence-corrected chi connectivity index (χ3v) is 4.75. The number of nitrogens with one attached hydrogen (secondary N) is 2. The summed E-state index contributed by atoms with van der Waals surface area (Å²) in [6.07, 6.45) is 3.21. The Morgan fingerprint density at radius 3 is 2.42 bits per heavy atom. The Morgan fingerprint density at radius 2 is 1.77 bits per heavy atom. The highest BCUT2D eigenvalue weighted by atomic mass is 16.4. The number of carboxylic acid groups (broad SMARTS) is 2. The Hall–Kier alpha value is -4.21. The SMILES string of the molecule is Nc1nc2[nH]cc(CCc3ccc(C(=O)/C=C(\CCC(=O)O)C(=O)O)cc3)c2c(=O)[nH]1. The van der Waals surface area contributed by atoms with Gasteiger partial charge in [0.2, 0.25) is 5.95 Å². The first-order valence-electron chi connectivity index (χ1n) is 9.39. The fourth-order valence-electron chi connectivity index (χ4n) is 3.16. The normalized spacial score (nSPS) is 11.5. The number of aliphatic carboxylic acids is 2. The van der Waals surface area contributed by atoms with Crippen LogP contribution in [-0.4, -0.2) is 42.9 Å². The molecule has 0 amide bonds. The molecule has 0 bridgehead atoms. The van der Waals surface area contributed by atoms with Crippen LogP contribution in [0.3, 0.4) is 0 Å². The molecule has 10 nitrogen and oxygen atoms in total. The van der Waals surface area contributed by atoms with E-state index in [1.165, 1.54) is 0 Å². The van der Waals surface area contributed by atoms with Crippen molar-refractivity contribution in [3.63, 3.8) is 0 Å². The highest BCUT2D eigenvalue weighted by Gasteiger charge is 2.14. The molecule has 31 heavy (non-hydrogen) atoms. The van der Waals surface area contributed by atoms with Crippen molar-refractivity contribution in [2.75, 3.05) is 5.73 Å². The molecule has 6 N–H and O–H groups in total. The van der Waals surface area contributed by atoms with Crippen LogP contribution in [0.15, 0.2) is 46.9 Å². The predicted octanol–water partition coefficient (Wildman–Crippen LogP) is 1.68. The molecule has 10 heteroatoms. The van der Waals surface area contributed by atoms with Crippen LogP contribution in [0.2, 0.25) is 0 Å². The summed E-state index contributed by atoms with van der Waals surface area (Å²) in [6.45, 7) is 0. The van der Waals surface area contributed by atoms with Crippen molar-refractivity contribution in [3.05, 3.63) is 69.2 Å². The molecule has 3 aromatic rings. The number of carbonyl (C=O) groups is 3. The second-order valence-corrected chi connectivity index (χ2v) is 6.92. The summed E-state index contributed by atoms with van der Waals surface area (Å²) < 4.78 is 0. The number of rotatable bonds is 9. The van der Waals surface area contributed by atoms with Crippen LogP contribution in [0.1, 0.15) is 34.3 Å². The van der Waals surface area contributed by atoms with Crippen LogP contribution in [-0.2, 0) is 22.4 Å². The van der Waals surface area contributed by atoms with Crippen LogP contribution in [0, 0.1) is 0 Å². The van der Waals surface area contributed by atoms with E-state index in [9.17, 15) is 19.2 Å². The van der Waals surface area contributed by atoms with Gasteiger partial charge in [-0.2, -0.15) is 4.98 Å². The monoisotopic (exact) mass is 424 g/mol. The fourth-order valence-corrected chi connectivity index (χ4v) is 3.16. The van der Waals surface area contributed by atoms with Gasteiger partial charge in [-0.15, -0.1) is 0 Å². The number of nitrogen functional groups attached to an aromatic ring is 1. The first kappa shape index (κ1) is 21.5. The van der Waals surface area contributed by atoms with E-state index < -0.39 is 17.7 Å². The number of aromatic amines is 2. The Kier molecular flexibility index (Phi) is 6.29. The molecule has 2 heterocycles. The summed E-state index contributed by atoms with van der Waals surface area (Å²) in [5.74, 6) is -2.94. The molecule has 1 aromatic carbocycles. The van der Waals surface area contributed by atoms with Gasteiger partial charge in [0.15, 0.2) is 5.78 Å². The minimum absolute atomic E-state index is 0.0363. The van der Waals surface area contributed by atoms with Crippen LogP contribution in [0.4, 0.5) is 5.95 Å². The lowest BCUT2D eigenvalue weighted by Crippen LogP contribution is -2.11. The van der Waals surface area contributed by atoms with Gasteiger partial charge < -0.3 is 20.9 Å². The predicted molar refractivity (Wildman–Crippen MR) is 112 cm³/mol. The van der Waals surface area contributed by atoms with Crippen molar-refractivity contribution in [2.45, 2.75) is 25.7 Å². The number of carboxylic acids is 2. The minimum Gasteiger partial charge on any atom is -0.481 e. The van der Waals surface area contributed by atoms with Gasteiger partial charge in [-0.1, -0.05) is 24.3 Å². The molecule has 0 aliphatic heterocycles. The largest absolute Gasteiger partial charge is 0.481 e. The molecular formula is C21H20N4O6. The summed E-state index contributed by atoms with van der Waals surface area (Å²) >= 11 is 0. The number of nitrogens with two attached hydrogens (primary N) is 1. The molecule has 0 saturated heterocycles. The molecule has 0 fully saturated rings. The average molecular weight is 424 g/mol. The van der Waals surface area contributed by atoms with Crippen LogP contribution in [0.5, 0.6) is 0 Å². The number of benzene rings is 1. The van der Waals surface area contributed by atoms with E-state index in [4.69, 9.17) is 15.9 Å². The first-order chi connectivity index (χ1) is 14.7. The van der Waals surface area contributed by atoms with Crippen LogP contribution in [0.25, 0.3) is 11.0 Å². The Balaban J connectivity index is 1.69. The second-order valence-electron chi connectivity index (χ2n) is 6.92. The third-order valence-electron chi connectivity index (χ3n) is 4.75. The number of nitrogens with zero attached hydrogens (tertiary/aromatic N) is 1. The van der Waals surface area contributed by atoms with Gasteiger partial charge in [-0.3, -0.25) is 19.4 Å². The summed E-state index contributed by atoms with van der Waals surface area (Å²) in [5.41, 5.74) is 7.38.